The molecule has 14 nitrogen and oxygen atoms in total. The molecule has 0 saturated carbocycles. The molecule has 7 atom stereocenters. The molecule has 1 aliphatic rings. The second kappa shape index (κ2) is 10.0. The highest BCUT2D eigenvalue weighted by Crippen LogP contribution is 2.30. The highest BCUT2D eigenvalue weighted by atomic mass is 16.6. The van der Waals surface area contributed by atoms with Crippen LogP contribution in [0.1, 0.15) is 34.9 Å². The predicted molar refractivity (Wildman–Crippen MR) is 108 cm³/mol. The van der Waals surface area contributed by atoms with E-state index in [-0.39, 0.29) is 17.8 Å². The van der Waals surface area contributed by atoms with Crippen LogP contribution in [0, 0.1) is 0 Å². The van der Waals surface area contributed by atoms with Gasteiger partial charge in [-0.3, -0.25) is 19.1 Å². The van der Waals surface area contributed by atoms with Gasteiger partial charge in [-0.2, -0.15) is 0 Å². The van der Waals surface area contributed by atoms with Crippen molar-refractivity contribution in [2.24, 2.45) is 5.73 Å². The lowest BCUT2D eigenvalue weighted by molar-refractivity contribution is -0.149. The number of amides is 1. The van der Waals surface area contributed by atoms with Crippen molar-refractivity contribution in [1.82, 2.24) is 19.9 Å². The molecule has 3 heterocycles. The summed E-state index contributed by atoms with van der Waals surface area (Å²) >= 11 is 0. The molecule has 1 amide bonds. The number of nitrogens with zero attached hydrogens (tertiary/aromatic N) is 2. The fourth-order valence-electron chi connectivity index (χ4n) is 3.45. The lowest BCUT2D eigenvalue weighted by atomic mass is 10.0. The SMILES string of the molecule is NC(CC(O)c1ccccn1)C(=O)NC(C(=O)O)[C@H]1O[C@@H](n2cc(C=O)[nH]c2=O)[C@H](O)[C@@H]1O. The van der Waals surface area contributed by atoms with Crippen molar-refractivity contribution >= 4 is 18.2 Å². The van der Waals surface area contributed by atoms with E-state index in [4.69, 9.17) is 10.5 Å². The van der Waals surface area contributed by atoms with Crippen molar-refractivity contribution in [2.45, 2.75) is 49.1 Å². The van der Waals surface area contributed by atoms with Gasteiger partial charge >= 0.3 is 11.7 Å². The number of aliphatic hydroxyl groups is 3. The van der Waals surface area contributed by atoms with Crippen molar-refractivity contribution in [2.75, 3.05) is 0 Å². The Morgan fingerprint density at radius 3 is 2.64 bits per heavy atom. The van der Waals surface area contributed by atoms with Crippen LogP contribution in [-0.4, -0.2) is 83.5 Å². The number of aliphatic hydroxyl groups excluding tert-OH is 3. The molecule has 0 aromatic carbocycles. The van der Waals surface area contributed by atoms with Crippen molar-refractivity contribution < 1.29 is 39.5 Å². The molecule has 2 aromatic rings. The van der Waals surface area contributed by atoms with Crippen LogP contribution in [0.15, 0.2) is 35.4 Å². The molecule has 14 heteroatoms. The number of rotatable bonds is 9. The van der Waals surface area contributed by atoms with E-state index in [1.165, 1.54) is 12.3 Å². The predicted octanol–water partition coefficient (Wildman–Crippen LogP) is -2.98. The second-order valence-electron chi connectivity index (χ2n) is 7.45. The van der Waals surface area contributed by atoms with Gasteiger partial charge < -0.3 is 41.2 Å². The highest BCUT2D eigenvalue weighted by Gasteiger charge is 2.50. The summed E-state index contributed by atoms with van der Waals surface area (Å²) in [5, 5.41) is 42.5. The summed E-state index contributed by atoms with van der Waals surface area (Å²) < 4.78 is 6.18. The minimum absolute atomic E-state index is 0.130. The molecule has 0 aliphatic carbocycles. The number of carboxylic acid groups (broad SMARTS) is 1. The third-order valence-corrected chi connectivity index (χ3v) is 5.18. The van der Waals surface area contributed by atoms with Gasteiger partial charge in [0.25, 0.3) is 0 Å². The van der Waals surface area contributed by atoms with Gasteiger partial charge in [0.1, 0.15) is 18.3 Å². The number of nitrogens with one attached hydrogen (secondary N) is 2. The van der Waals surface area contributed by atoms with E-state index in [2.05, 4.69) is 15.3 Å². The highest BCUT2D eigenvalue weighted by molar-refractivity contribution is 5.87. The smallest absolute Gasteiger partial charge is 0.329 e. The number of carbonyl (C=O) groups is 3. The van der Waals surface area contributed by atoms with Gasteiger partial charge in [0.05, 0.1) is 23.5 Å². The first-order valence-corrected chi connectivity index (χ1v) is 9.79. The number of aromatic nitrogens is 3. The summed E-state index contributed by atoms with van der Waals surface area (Å²) in [7, 11) is 0. The molecule has 3 rings (SSSR count). The maximum atomic E-state index is 12.5. The van der Waals surface area contributed by atoms with Crippen LogP contribution in [0.3, 0.4) is 0 Å². The number of pyridine rings is 1. The average Bonchev–Trinajstić information content (AvgIpc) is 3.31. The number of imidazole rings is 1. The molecular formula is C19H23N5O9. The zero-order valence-corrected chi connectivity index (χ0v) is 17.0. The van der Waals surface area contributed by atoms with E-state index in [0.29, 0.717) is 6.29 Å². The summed E-state index contributed by atoms with van der Waals surface area (Å²) in [6.07, 6.45) is -5.41. The Hall–Kier alpha value is -3.43. The summed E-state index contributed by atoms with van der Waals surface area (Å²) in [5.41, 5.74) is 5.09. The molecule has 2 aromatic heterocycles. The normalized spacial score (nSPS) is 25.2. The molecule has 1 saturated heterocycles. The van der Waals surface area contributed by atoms with Crippen molar-refractivity contribution in [3.8, 4) is 0 Å². The first-order valence-electron chi connectivity index (χ1n) is 9.79. The maximum Gasteiger partial charge on any atom is 0.329 e. The van der Waals surface area contributed by atoms with E-state index in [0.717, 1.165) is 10.8 Å². The molecule has 0 bridgehead atoms. The minimum atomic E-state index is -1.86. The van der Waals surface area contributed by atoms with Crippen LogP contribution in [0.5, 0.6) is 0 Å². The number of hydrogen-bond donors (Lipinski definition) is 7. The first kappa shape index (κ1) is 24.2. The van der Waals surface area contributed by atoms with Crippen molar-refractivity contribution in [3.05, 3.63) is 52.5 Å². The third kappa shape index (κ3) is 5.15. The lowest BCUT2D eigenvalue weighted by Crippen LogP contribution is -2.56. The fraction of sp³-hybridized carbons (Fsp3) is 0.421. The van der Waals surface area contributed by atoms with Gasteiger partial charge in [0, 0.05) is 18.8 Å². The van der Waals surface area contributed by atoms with Gasteiger partial charge in [-0.15, -0.1) is 0 Å². The summed E-state index contributed by atoms with van der Waals surface area (Å²) in [5.74, 6) is -2.57. The van der Waals surface area contributed by atoms with Crippen molar-refractivity contribution in [1.29, 1.82) is 0 Å². The molecular weight excluding hydrogens is 442 g/mol. The van der Waals surface area contributed by atoms with Gasteiger partial charge in [-0.05, 0) is 12.1 Å². The van der Waals surface area contributed by atoms with Crippen LogP contribution in [0.4, 0.5) is 0 Å². The van der Waals surface area contributed by atoms with Crippen LogP contribution >= 0.6 is 0 Å². The van der Waals surface area contributed by atoms with Crippen LogP contribution in [0.2, 0.25) is 0 Å². The number of aromatic amines is 1. The molecule has 0 radical (unpaired) electrons. The number of carboxylic acids is 1. The molecule has 8 N–H and O–H groups in total. The van der Waals surface area contributed by atoms with E-state index >= 15 is 0 Å². The Kier molecular flexibility index (Phi) is 7.35. The fourth-order valence-corrected chi connectivity index (χ4v) is 3.45. The summed E-state index contributed by atoms with van der Waals surface area (Å²) in [4.78, 5) is 53.2. The third-order valence-electron chi connectivity index (χ3n) is 5.18. The van der Waals surface area contributed by atoms with Crippen molar-refractivity contribution in [3.63, 3.8) is 0 Å². The van der Waals surface area contributed by atoms with Gasteiger partial charge in [0.15, 0.2) is 18.6 Å². The quantitative estimate of drug-likeness (QED) is 0.185. The molecule has 0 spiro atoms. The van der Waals surface area contributed by atoms with E-state index in [1.54, 1.807) is 12.1 Å². The number of ether oxygens (including phenoxy) is 1. The topological polar surface area (TPSA) is 230 Å². The Balaban J connectivity index is 1.72. The van der Waals surface area contributed by atoms with Gasteiger partial charge in [-0.25, -0.2) is 9.59 Å². The summed E-state index contributed by atoms with van der Waals surface area (Å²) in [6, 6.07) is 1.59. The molecule has 1 aliphatic heterocycles. The Morgan fingerprint density at radius 2 is 2.06 bits per heavy atom. The Bertz CT molecular complexity index is 1060. The molecule has 178 valence electrons. The monoisotopic (exact) mass is 465 g/mol. The number of H-pyrrole nitrogens is 1. The maximum absolute atomic E-state index is 12.5. The lowest BCUT2D eigenvalue weighted by Gasteiger charge is -2.25. The van der Waals surface area contributed by atoms with E-state index < -0.39 is 60.3 Å². The standard InChI is InChI=1S/C19H23N5O9/c20-9(5-11(26)10-3-1-2-4-21-10)16(29)23-12(18(30)31)15-13(27)14(28)17(33-15)24-6-8(7-25)22-19(24)32/h1-4,6-7,9,11-15,17,26-28H,5,20H2,(H,22,32)(H,23,29)(H,30,31)/t9?,11?,12?,13-,14+,15+,17+/m0/s1. The van der Waals surface area contributed by atoms with Gasteiger partial charge in [-0.1, -0.05) is 6.07 Å². The number of carbonyl (C=O) groups excluding carboxylic acids is 2. The number of nitrogens with two attached hydrogens (primary N) is 1. The first-order chi connectivity index (χ1) is 15.6. The minimum Gasteiger partial charge on any atom is -0.480 e. The molecule has 1 fully saturated rings. The Labute approximate surface area is 185 Å². The van der Waals surface area contributed by atoms with Crippen LogP contribution < -0.4 is 16.7 Å². The largest absolute Gasteiger partial charge is 0.480 e. The Morgan fingerprint density at radius 1 is 1.33 bits per heavy atom. The summed E-state index contributed by atoms with van der Waals surface area (Å²) in [6.45, 7) is 0. The zero-order valence-electron chi connectivity index (χ0n) is 17.0. The van der Waals surface area contributed by atoms with Crippen LogP contribution in [-0.2, 0) is 14.3 Å². The average molecular weight is 465 g/mol. The number of aliphatic carboxylic acids is 1. The van der Waals surface area contributed by atoms with Gasteiger partial charge in [0.2, 0.25) is 5.91 Å². The zero-order chi connectivity index (χ0) is 24.3. The van der Waals surface area contributed by atoms with E-state index in [1.807, 2.05) is 0 Å². The van der Waals surface area contributed by atoms with E-state index in [9.17, 15) is 39.6 Å². The number of aldehydes is 1. The number of hydrogen-bond acceptors (Lipinski definition) is 10. The molecule has 33 heavy (non-hydrogen) atoms. The molecule has 3 unspecified atom stereocenters. The second-order valence-corrected chi connectivity index (χ2v) is 7.45. The van der Waals surface area contributed by atoms with Crippen LogP contribution in [0.25, 0.3) is 0 Å².